The monoisotopic (exact) mass is 287 g/mol. The Bertz CT molecular complexity index is 553. The molecule has 1 aliphatic carbocycles. The van der Waals surface area contributed by atoms with Crippen molar-refractivity contribution in [1.82, 2.24) is 24.9 Å². The molecule has 21 heavy (non-hydrogen) atoms. The van der Waals surface area contributed by atoms with E-state index >= 15 is 0 Å². The number of fused-ring (bicyclic) bond motifs is 1. The normalized spacial score (nSPS) is 29.6. The zero-order valence-electron chi connectivity index (χ0n) is 12.1. The number of ether oxygens (including phenoxy) is 1. The summed E-state index contributed by atoms with van der Waals surface area (Å²) in [7, 11) is 0. The molecular weight excluding hydrogens is 266 g/mol. The zero-order valence-corrected chi connectivity index (χ0v) is 12.1. The van der Waals surface area contributed by atoms with Crippen LogP contribution >= 0.6 is 0 Å². The number of rotatable bonds is 4. The van der Waals surface area contributed by atoms with E-state index in [4.69, 9.17) is 4.74 Å². The third-order valence-electron chi connectivity index (χ3n) is 4.76. The SMILES string of the molecule is c1cnn(CC2CCC3C2OCCN3Cc2cn[nH]c2)c1. The van der Waals surface area contributed by atoms with Crippen LogP contribution < -0.4 is 0 Å². The Morgan fingerprint density at radius 1 is 1.38 bits per heavy atom. The zero-order chi connectivity index (χ0) is 14.1. The minimum absolute atomic E-state index is 0.342. The highest BCUT2D eigenvalue weighted by Gasteiger charge is 2.42. The number of nitrogens with zero attached hydrogens (tertiary/aromatic N) is 4. The van der Waals surface area contributed by atoms with E-state index < -0.39 is 0 Å². The van der Waals surface area contributed by atoms with E-state index in [0.29, 0.717) is 18.1 Å². The highest BCUT2D eigenvalue weighted by molar-refractivity contribution is 5.04. The summed E-state index contributed by atoms with van der Waals surface area (Å²) in [5.74, 6) is 0.571. The number of aromatic nitrogens is 4. The van der Waals surface area contributed by atoms with Crippen LogP contribution in [0.25, 0.3) is 0 Å². The van der Waals surface area contributed by atoms with Gasteiger partial charge in [0.2, 0.25) is 0 Å². The van der Waals surface area contributed by atoms with Gasteiger partial charge in [0.15, 0.2) is 0 Å². The molecular formula is C15H21N5O. The first-order chi connectivity index (χ1) is 10.4. The average Bonchev–Trinajstić information content (AvgIpc) is 3.22. The predicted octanol–water partition coefficient (Wildman–Crippen LogP) is 1.29. The molecule has 0 bridgehead atoms. The summed E-state index contributed by atoms with van der Waals surface area (Å²) in [5, 5.41) is 11.3. The van der Waals surface area contributed by atoms with Gasteiger partial charge < -0.3 is 4.74 Å². The molecule has 1 aliphatic heterocycles. The van der Waals surface area contributed by atoms with Gasteiger partial charge in [0.1, 0.15) is 0 Å². The maximum absolute atomic E-state index is 6.11. The second kappa shape index (κ2) is 5.61. The van der Waals surface area contributed by atoms with Crippen LogP contribution in [0.4, 0.5) is 0 Å². The second-order valence-corrected chi connectivity index (χ2v) is 6.05. The topological polar surface area (TPSA) is 59.0 Å². The molecule has 3 heterocycles. The van der Waals surface area contributed by atoms with Crippen LogP contribution in [0.15, 0.2) is 30.9 Å². The molecule has 2 aromatic heterocycles. The Morgan fingerprint density at radius 3 is 3.19 bits per heavy atom. The van der Waals surface area contributed by atoms with E-state index in [1.54, 1.807) is 0 Å². The fourth-order valence-corrected chi connectivity index (χ4v) is 3.78. The van der Waals surface area contributed by atoms with Gasteiger partial charge in [-0.25, -0.2) is 0 Å². The predicted molar refractivity (Wildman–Crippen MR) is 77.5 cm³/mol. The van der Waals surface area contributed by atoms with Gasteiger partial charge in [-0.1, -0.05) is 0 Å². The molecule has 112 valence electrons. The lowest BCUT2D eigenvalue weighted by molar-refractivity contribution is -0.0789. The van der Waals surface area contributed by atoms with Crippen LogP contribution in [0.3, 0.4) is 0 Å². The molecule has 0 radical (unpaired) electrons. The first-order valence-electron chi connectivity index (χ1n) is 7.71. The van der Waals surface area contributed by atoms with E-state index in [-0.39, 0.29) is 0 Å². The summed E-state index contributed by atoms with van der Waals surface area (Å²) in [6.07, 6.45) is 10.6. The minimum atomic E-state index is 0.342. The number of morpholine rings is 1. The summed E-state index contributed by atoms with van der Waals surface area (Å²) in [6, 6.07) is 2.52. The minimum Gasteiger partial charge on any atom is -0.375 e. The van der Waals surface area contributed by atoms with E-state index in [0.717, 1.165) is 26.2 Å². The van der Waals surface area contributed by atoms with Crippen molar-refractivity contribution in [3.8, 4) is 0 Å². The first kappa shape index (κ1) is 13.0. The van der Waals surface area contributed by atoms with Crippen molar-refractivity contribution < 1.29 is 4.74 Å². The van der Waals surface area contributed by atoms with E-state index in [1.165, 1.54) is 18.4 Å². The number of hydrogen-bond acceptors (Lipinski definition) is 4. The molecule has 0 amide bonds. The van der Waals surface area contributed by atoms with E-state index in [1.807, 2.05) is 35.5 Å². The van der Waals surface area contributed by atoms with Crippen molar-refractivity contribution in [3.63, 3.8) is 0 Å². The molecule has 0 spiro atoms. The van der Waals surface area contributed by atoms with Crippen molar-refractivity contribution in [2.24, 2.45) is 5.92 Å². The third-order valence-corrected chi connectivity index (χ3v) is 4.76. The molecule has 1 N–H and O–H groups in total. The lowest BCUT2D eigenvalue weighted by atomic mass is 10.0. The lowest BCUT2D eigenvalue weighted by Crippen LogP contribution is -2.50. The van der Waals surface area contributed by atoms with Crippen molar-refractivity contribution in [2.75, 3.05) is 13.2 Å². The summed E-state index contributed by atoms with van der Waals surface area (Å²) in [4.78, 5) is 2.56. The summed E-state index contributed by atoms with van der Waals surface area (Å²) in [5.41, 5.74) is 1.26. The maximum Gasteiger partial charge on any atom is 0.0776 e. The highest BCUT2D eigenvalue weighted by atomic mass is 16.5. The van der Waals surface area contributed by atoms with Crippen LogP contribution in [0.5, 0.6) is 0 Å². The molecule has 3 atom stereocenters. The van der Waals surface area contributed by atoms with Crippen molar-refractivity contribution in [1.29, 1.82) is 0 Å². The van der Waals surface area contributed by atoms with Gasteiger partial charge in [0.05, 0.1) is 18.9 Å². The fraction of sp³-hybridized carbons (Fsp3) is 0.600. The summed E-state index contributed by atoms with van der Waals surface area (Å²) in [6.45, 7) is 3.78. The van der Waals surface area contributed by atoms with Gasteiger partial charge in [0, 0.05) is 55.7 Å². The molecule has 2 aromatic rings. The quantitative estimate of drug-likeness (QED) is 0.920. The molecule has 2 aliphatic rings. The fourth-order valence-electron chi connectivity index (χ4n) is 3.78. The van der Waals surface area contributed by atoms with Gasteiger partial charge in [0.25, 0.3) is 0 Å². The molecule has 1 saturated heterocycles. The molecule has 3 unspecified atom stereocenters. The first-order valence-corrected chi connectivity index (χ1v) is 7.71. The Morgan fingerprint density at radius 2 is 2.38 bits per heavy atom. The van der Waals surface area contributed by atoms with Crippen LogP contribution in [0.1, 0.15) is 18.4 Å². The van der Waals surface area contributed by atoms with Crippen LogP contribution in [-0.4, -0.2) is 50.2 Å². The molecule has 6 nitrogen and oxygen atoms in total. The van der Waals surface area contributed by atoms with Crippen LogP contribution in [0.2, 0.25) is 0 Å². The number of hydrogen-bond donors (Lipinski definition) is 1. The van der Waals surface area contributed by atoms with Crippen molar-refractivity contribution in [3.05, 3.63) is 36.4 Å². The largest absolute Gasteiger partial charge is 0.375 e. The standard InChI is InChI=1S/C15H21N5O/c1-4-18-20(5-1)11-13-2-3-14-15(13)21-7-6-19(14)10-12-8-16-17-9-12/h1,4-5,8-9,13-15H,2-3,6-7,10-11H2,(H,16,17). The van der Waals surface area contributed by atoms with Crippen LogP contribution in [0, 0.1) is 5.92 Å². The molecule has 0 aromatic carbocycles. The number of H-pyrrole nitrogens is 1. The molecule has 1 saturated carbocycles. The molecule has 4 rings (SSSR count). The lowest BCUT2D eigenvalue weighted by Gasteiger charge is -2.39. The van der Waals surface area contributed by atoms with Gasteiger partial charge in [-0.15, -0.1) is 0 Å². The average molecular weight is 287 g/mol. The Balaban J connectivity index is 1.44. The van der Waals surface area contributed by atoms with Gasteiger partial charge in [-0.3, -0.25) is 14.7 Å². The Hall–Kier alpha value is -1.66. The van der Waals surface area contributed by atoms with Gasteiger partial charge in [-0.05, 0) is 18.9 Å². The van der Waals surface area contributed by atoms with Gasteiger partial charge in [-0.2, -0.15) is 10.2 Å². The number of nitrogens with one attached hydrogen (secondary N) is 1. The summed E-state index contributed by atoms with van der Waals surface area (Å²) < 4.78 is 8.14. The van der Waals surface area contributed by atoms with Crippen molar-refractivity contribution in [2.45, 2.75) is 38.1 Å². The molecule has 2 fully saturated rings. The van der Waals surface area contributed by atoms with Gasteiger partial charge >= 0.3 is 0 Å². The summed E-state index contributed by atoms with van der Waals surface area (Å²) >= 11 is 0. The van der Waals surface area contributed by atoms with Crippen molar-refractivity contribution >= 4 is 0 Å². The maximum atomic E-state index is 6.11. The molecule has 6 heteroatoms. The third kappa shape index (κ3) is 2.61. The number of aromatic amines is 1. The smallest absolute Gasteiger partial charge is 0.0776 e. The van der Waals surface area contributed by atoms with E-state index in [9.17, 15) is 0 Å². The Labute approximate surface area is 124 Å². The Kier molecular flexibility index (Phi) is 3.48. The highest BCUT2D eigenvalue weighted by Crippen LogP contribution is 2.36. The second-order valence-electron chi connectivity index (χ2n) is 6.05. The van der Waals surface area contributed by atoms with E-state index in [2.05, 4.69) is 20.2 Å². The van der Waals surface area contributed by atoms with Crippen LogP contribution in [-0.2, 0) is 17.8 Å².